The lowest BCUT2D eigenvalue weighted by atomic mass is 9.95. The van der Waals surface area contributed by atoms with Gasteiger partial charge in [-0.1, -0.05) is 0 Å². The Morgan fingerprint density at radius 1 is 0.344 bits per heavy atom. The van der Waals surface area contributed by atoms with Crippen LogP contribution in [0.3, 0.4) is 0 Å². The van der Waals surface area contributed by atoms with Crippen LogP contribution in [0.5, 0.6) is 0 Å². The molecule has 0 radical (unpaired) electrons. The molecule has 26 heteroatoms. The minimum Gasteiger partial charge on any atom is -0.463 e. The molecule has 15 atom stereocenters. The number of ether oxygens (including phenoxy) is 15. The second kappa shape index (κ2) is 23.9. The Kier molecular flexibility index (Phi) is 19.8. The number of hydrogen-bond acceptors (Lipinski definition) is 26. The smallest absolute Gasteiger partial charge is 0.303 e. The van der Waals surface area contributed by atoms with Gasteiger partial charge in [0, 0.05) is 69.2 Å². The molecular formula is C38H53NO25. The third-order valence-electron chi connectivity index (χ3n) is 8.89. The number of carbonyl (C=O) groups excluding carboxylic acids is 10. The standard InChI is InChI=1S/C38H53NO25/c1-14(40)50-11-25-28(54-17(4)43)31(56-19(6)45)35(60-23(10)49)38(63-25)64-29-26(12-51-15(2)41)62-37(34(59-22(9)48)32(29)57-20(7)46)52-13-24-27(53-16(3)42)30(55-18(5)44)33(36(39)61-24)58-21(8)47/h24-38H,11-13,39H2,1-10H3/t24-,25-,26-,27-,28+,29-,30+,31+,32+,33-,34-,35-,36-,37-,38+/m1/s1. The van der Waals surface area contributed by atoms with E-state index in [0.29, 0.717) is 0 Å². The van der Waals surface area contributed by atoms with E-state index in [1.54, 1.807) is 0 Å². The van der Waals surface area contributed by atoms with Gasteiger partial charge in [-0.15, -0.1) is 0 Å². The third-order valence-corrected chi connectivity index (χ3v) is 8.89. The average molecular weight is 924 g/mol. The summed E-state index contributed by atoms with van der Waals surface area (Å²) in [6.45, 7) is 8.01. The molecule has 0 aromatic carbocycles. The number of hydrogen-bond donors (Lipinski definition) is 1. The van der Waals surface area contributed by atoms with Crippen molar-refractivity contribution in [1.29, 1.82) is 0 Å². The van der Waals surface area contributed by atoms with Gasteiger partial charge in [0.15, 0.2) is 61.4 Å². The van der Waals surface area contributed by atoms with Crippen LogP contribution in [0, 0.1) is 0 Å². The van der Waals surface area contributed by atoms with Gasteiger partial charge in [0.2, 0.25) is 0 Å². The van der Waals surface area contributed by atoms with E-state index in [-0.39, 0.29) is 0 Å². The van der Waals surface area contributed by atoms with Crippen LogP contribution < -0.4 is 5.73 Å². The molecule has 26 nitrogen and oxygen atoms in total. The maximum absolute atomic E-state index is 12.8. The Morgan fingerprint density at radius 2 is 0.641 bits per heavy atom. The van der Waals surface area contributed by atoms with Crippen LogP contribution in [0.25, 0.3) is 0 Å². The third kappa shape index (κ3) is 15.6. The molecule has 3 heterocycles. The van der Waals surface area contributed by atoms with Gasteiger partial charge in [-0.3, -0.25) is 47.9 Å². The molecule has 0 unspecified atom stereocenters. The summed E-state index contributed by atoms with van der Waals surface area (Å²) in [6, 6.07) is 0. The second-order valence-electron chi connectivity index (χ2n) is 14.4. The molecule has 0 aromatic heterocycles. The summed E-state index contributed by atoms with van der Waals surface area (Å²) in [5.41, 5.74) is 6.18. The molecule has 2 N–H and O–H groups in total. The highest BCUT2D eigenvalue weighted by molar-refractivity contribution is 5.70. The molecule has 3 saturated heterocycles. The van der Waals surface area contributed by atoms with Crippen LogP contribution in [-0.4, -0.2) is 172 Å². The van der Waals surface area contributed by atoms with E-state index >= 15 is 0 Å². The van der Waals surface area contributed by atoms with Gasteiger partial charge in [-0.05, 0) is 0 Å². The van der Waals surface area contributed by atoms with Gasteiger partial charge >= 0.3 is 59.7 Å². The fourth-order valence-electron chi connectivity index (χ4n) is 6.86. The first kappa shape index (κ1) is 52.8. The number of rotatable bonds is 17. The van der Waals surface area contributed by atoms with Crippen LogP contribution in [0.2, 0.25) is 0 Å². The van der Waals surface area contributed by atoms with E-state index in [9.17, 15) is 47.9 Å². The summed E-state index contributed by atoms with van der Waals surface area (Å²) in [6.07, 6.45) is -25.1. The van der Waals surface area contributed by atoms with E-state index in [0.717, 1.165) is 69.2 Å². The van der Waals surface area contributed by atoms with Crippen molar-refractivity contribution in [3.63, 3.8) is 0 Å². The molecule has 0 aliphatic carbocycles. The molecule has 3 aliphatic heterocycles. The first-order valence-corrected chi connectivity index (χ1v) is 19.5. The number of nitrogens with two attached hydrogens (primary N) is 1. The van der Waals surface area contributed by atoms with E-state index in [1.165, 1.54) is 0 Å². The molecule has 3 rings (SSSR count). The molecule has 360 valence electrons. The van der Waals surface area contributed by atoms with Crippen molar-refractivity contribution in [3.8, 4) is 0 Å². The maximum Gasteiger partial charge on any atom is 0.303 e. The van der Waals surface area contributed by atoms with Gasteiger partial charge in [-0.2, -0.15) is 0 Å². The molecule has 0 saturated carbocycles. The lowest BCUT2D eigenvalue weighted by Crippen LogP contribution is -2.67. The summed E-state index contributed by atoms with van der Waals surface area (Å²) in [7, 11) is 0. The molecule has 3 aliphatic rings. The van der Waals surface area contributed by atoms with Crippen LogP contribution in [0.4, 0.5) is 0 Å². The number of carbonyl (C=O) groups is 10. The van der Waals surface area contributed by atoms with Crippen molar-refractivity contribution >= 4 is 59.7 Å². The summed E-state index contributed by atoms with van der Waals surface area (Å²) in [5, 5.41) is 0. The van der Waals surface area contributed by atoms with Gasteiger partial charge in [0.25, 0.3) is 0 Å². The summed E-state index contributed by atoms with van der Waals surface area (Å²) in [4.78, 5) is 123. The maximum atomic E-state index is 12.8. The van der Waals surface area contributed by atoms with Crippen molar-refractivity contribution in [3.05, 3.63) is 0 Å². The fraction of sp³-hybridized carbons (Fsp3) is 0.737. The van der Waals surface area contributed by atoms with Crippen LogP contribution in [-0.2, 0) is 119 Å². The molecule has 0 amide bonds. The van der Waals surface area contributed by atoms with Crippen LogP contribution in [0.15, 0.2) is 0 Å². The highest BCUT2D eigenvalue weighted by Crippen LogP contribution is 2.36. The van der Waals surface area contributed by atoms with Crippen LogP contribution in [0.1, 0.15) is 69.2 Å². The molecule has 0 bridgehead atoms. The molecule has 64 heavy (non-hydrogen) atoms. The summed E-state index contributed by atoms with van der Waals surface area (Å²) < 4.78 is 84.4. The molecule has 0 spiro atoms. The normalized spacial score (nSPS) is 32.3. The Balaban J connectivity index is 2.16. The fourth-order valence-corrected chi connectivity index (χ4v) is 6.86. The van der Waals surface area contributed by atoms with Crippen molar-refractivity contribution in [2.45, 2.75) is 161 Å². The average Bonchev–Trinajstić information content (AvgIpc) is 3.14. The number of esters is 10. The van der Waals surface area contributed by atoms with Crippen LogP contribution >= 0.6 is 0 Å². The van der Waals surface area contributed by atoms with Gasteiger partial charge in [0.1, 0.15) is 43.9 Å². The minimum atomic E-state index is -1.94. The summed E-state index contributed by atoms with van der Waals surface area (Å²) in [5.74, 6) is -9.21. The Bertz CT molecular complexity index is 1740. The predicted molar refractivity (Wildman–Crippen MR) is 199 cm³/mol. The first-order chi connectivity index (χ1) is 29.9. The van der Waals surface area contributed by atoms with Gasteiger partial charge in [0.05, 0.1) is 6.61 Å². The second-order valence-corrected chi connectivity index (χ2v) is 14.4. The zero-order valence-corrected chi connectivity index (χ0v) is 36.6. The van der Waals surface area contributed by atoms with E-state index in [2.05, 4.69) is 0 Å². The predicted octanol–water partition coefficient (Wildman–Crippen LogP) is -1.90. The van der Waals surface area contributed by atoms with Crippen molar-refractivity contribution < 1.29 is 119 Å². The Hall–Kier alpha value is -5.54. The Labute approximate surface area is 365 Å². The van der Waals surface area contributed by atoms with Crippen molar-refractivity contribution in [1.82, 2.24) is 0 Å². The molecule has 3 fully saturated rings. The van der Waals surface area contributed by atoms with E-state index in [4.69, 9.17) is 76.8 Å². The van der Waals surface area contributed by atoms with Gasteiger partial charge < -0.3 is 76.8 Å². The highest BCUT2D eigenvalue weighted by atomic mass is 16.8. The quantitative estimate of drug-likeness (QED) is 0.123. The monoisotopic (exact) mass is 923 g/mol. The zero-order chi connectivity index (χ0) is 48.2. The minimum absolute atomic E-state index is 0.656. The Morgan fingerprint density at radius 3 is 1.05 bits per heavy atom. The molecule has 0 aromatic rings. The lowest BCUT2D eigenvalue weighted by Gasteiger charge is -2.49. The highest BCUT2D eigenvalue weighted by Gasteiger charge is 2.58. The summed E-state index contributed by atoms with van der Waals surface area (Å²) >= 11 is 0. The van der Waals surface area contributed by atoms with E-state index < -0.39 is 172 Å². The molecular weight excluding hydrogens is 870 g/mol. The van der Waals surface area contributed by atoms with Gasteiger partial charge in [-0.25, -0.2) is 0 Å². The zero-order valence-electron chi connectivity index (χ0n) is 36.6. The lowest BCUT2D eigenvalue weighted by molar-refractivity contribution is -0.363. The topological polar surface area (TPSA) is 335 Å². The van der Waals surface area contributed by atoms with E-state index in [1.807, 2.05) is 0 Å². The van der Waals surface area contributed by atoms with Crippen molar-refractivity contribution in [2.75, 3.05) is 19.8 Å². The SMILES string of the molecule is CC(=O)OC[C@H]1O[C@@H](O[C@H]2[C@H](OC(C)=O)[C@@H](OC(C)=O)[C@H](OC[C@H]3O[C@@H](N)[C@H](OC(C)=O)[C@@H](OC(C)=O)[C@@H]3OC(C)=O)O[C@@H]2COC(C)=O)[C@H](OC(C)=O)[C@@H](OC(C)=O)[C@H]1OC(C)=O. The first-order valence-electron chi connectivity index (χ1n) is 19.5. The van der Waals surface area contributed by atoms with Crippen molar-refractivity contribution in [2.24, 2.45) is 5.73 Å². The largest absolute Gasteiger partial charge is 0.463 e.